The van der Waals surface area contributed by atoms with Crippen LogP contribution < -0.4 is 9.13 Å². The Morgan fingerprint density at radius 3 is 2.54 bits per heavy atom. The van der Waals surface area contributed by atoms with E-state index in [1.165, 1.54) is 18.6 Å². The molecule has 0 saturated heterocycles. The Balaban J connectivity index is 1.87. The summed E-state index contributed by atoms with van der Waals surface area (Å²) >= 11 is 0. The van der Waals surface area contributed by atoms with Crippen molar-refractivity contribution in [2.75, 3.05) is 0 Å². The lowest BCUT2D eigenvalue weighted by Crippen LogP contribution is -2.51. The molecule has 4 rings (SSSR count). The normalized spacial score (nSPS) is 15.0. The molecule has 1 saturated carbocycles. The van der Waals surface area contributed by atoms with Crippen LogP contribution in [0.5, 0.6) is 11.9 Å². The fourth-order valence-corrected chi connectivity index (χ4v) is 4.14. The van der Waals surface area contributed by atoms with Gasteiger partial charge in [-0.2, -0.15) is 0 Å². The highest BCUT2D eigenvalue weighted by Gasteiger charge is 2.39. The lowest BCUT2D eigenvalue weighted by molar-refractivity contribution is -0.832. The van der Waals surface area contributed by atoms with E-state index >= 15 is 0 Å². The maximum Gasteiger partial charge on any atom is 0.632 e. The second-order valence-corrected chi connectivity index (χ2v) is 7.32. The van der Waals surface area contributed by atoms with Crippen molar-refractivity contribution < 1.29 is 24.3 Å². The van der Waals surface area contributed by atoms with Crippen LogP contribution in [-0.4, -0.2) is 15.1 Å². The number of aromatic hydroxyl groups is 2. The van der Waals surface area contributed by atoms with Crippen LogP contribution in [-0.2, 0) is 6.54 Å². The van der Waals surface area contributed by atoms with Crippen molar-refractivity contribution in [2.24, 2.45) is 0 Å². The van der Waals surface area contributed by atoms with E-state index in [4.69, 9.17) is 0 Å². The number of nitro groups is 1. The van der Waals surface area contributed by atoms with Crippen LogP contribution in [0.25, 0.3) is 10.9 Å². The second kappa shape index (κ2) is 7.42. The smallest absolute Gasteiger partial charge is 0.459 e. The number of para-hydroxylation sites is 1. The van der Waals surface area contributed by atoms with E-state index in [1.807, 2.05) is 24.3 Å². The van der Waals surface area contributed by atoms with Gasteiger partial charge < -0.3 is 10.2 Å². The zero-order valence-electron chi connectivity index (χ0n) is 15.5. The summed E-state index contributed by atoms with van der Waals surface area (Å²) in [6, 6.07) is 13.8. The summed E-state index contributed by atoms with van der Waals surface area (Å²) < 4.78 is 3.33. The summed E-state index contributed by atoms with van der Waals surface area (Å²) in [6.45, 7) is 0.265. The molecule has 1 aliphatic rings. The summed E-state index contributed by atoms with van der Waals surface area (Å²) in [5, 5.41) is 33.7. The number of benzene rings is 2. The van der Waals surface area contributed by atoms with Gasteiger partial charge in [-0.1, -0.05) is 39.8 Å². The van der Waals surface area contributed by atoms with Gasteiger partial charge in [-0.05, 0) is 18.9 Å². The Hall–Kier alpha value is -3.22. The fraction of sp³-hybridized carbons (Fsp3) is 0.333. The molecular weight excluding hydrogens is 358 g/mol. The van der Waals surface area contributed by atoms with Gasteiger partial charge in [-0.15, -0.1) is 0 Å². The summed E-state index contributed by atoms with van der Waals surface area (Å²) in [5.74, 6) is 0.0651. The maximum atomic E-state index is 11.1. The lowest BCUT2D eigenvalue weighted by Gasteiger charge is -2.17. The molecule has 1 aromatic heterocycles. The highest BCUT2D eigenvalue weighted by atomic mass is 16.6. The molecule has 0 aliphatic heterocycles. The lowest BCUT2D eigenvalue weighted by atomic mass is 9.95. The average Bonchev–Trinajstić information content (AvgIpc) is 2.72. The molecule has 7 heteroatoms. The van der Waals surface area contributed by atoms with E-state index < -0.39 is 4.92 Å². The summed E-state index contributed by atoms with van der Waals surface area (Å²) in [7, 11) is 0. The Bertz CT molecular complexity index is 1050. The second-order valence-electron chi connectivity index (χ2n) is 7.32. The molecule has 2 N–H and O–H groups in total. The molecule has 1 aliphatic carbocycles. The Morgan fingerprint density at radius 1 is 1.04 bits per heavy atom. The van der Waals surface area contributed by atoms with Gasteiger partial charge in [0.05, 0.1) is 4.92 Å². The van der Waals surface area contributed by atoms with Crippen molar-refractivity contribution in [3.63, 3.8) is 0 Å². The van der Waals surface area contributed by atoms with Crippen LogP contribution in [0.3, 0.4) is 0 Å². The largest absolute Gasteiger partial charge is 0.632 e. The highest BCUT2D eigenvalue weighted by Crippen LogP contribution is 2.30. The van der Waals surface area contributed by atoms with Crippen LogP contribution in [0.15, 0.2) is 48.5 Å². The minimum atomic E-state index is -0.425. The predicted octanol–water partition coefficient (Wildman–Crippen LogP) is 3.29. The van der Waals surface area contributed by atoms with Crippen molar-refractivity contribution in [1.82, 2.24) is 0 Å². The SMILES string of the molecule is O=[N+]([O-])c1cccc(C[n+]2c(O)[n+](C3CCCCC3)c(O)c3ccccc32)c1. The van der Waals surface area contributed by atoms with Crippen LogP contribution in [0, 0.1) is 10.1 Å². The summed E-state index contributed by atoms with van der Waals surface area (Å²) in [4.78, 5) is 10.7. The number of nitrogens with zero attached hydrogens (tertiary/aromatic N) is 3. The first-order valence-electron chi connectivity index (χ1n) is 9.57. The third kappa shape index (κ3) is 3.24. The van der Waals surface area contributed by atoms with Crippen LogP contribution in [0.4, 0.5) is 5.69 Å². The van der Waals surface area contributed by atoms with Crippen LogP contribution in [0.2, 0.25) is 0 Å². The van der Waals surface area contributed by atoms with Gasteiger partial charge in [0.2, 0.25) is 5.52 Å². The van der Waals surface area contributed by atoms with E-state index in [-0.39, 0.29) is 30.2 Å². The molecule has 1 heterocycles. The van der Waals surface area contributed by atoms with Gasteiger partial charge in [0.1, 0.15) is 0 Å². The molecule has 28 heavy (non-hydrogen) atoms. The molecular formula is C21H23N3O4+2. The number of rotatable bonds is 4. The summed E-state index contributed by atoms with van der Waals surface area (Å²) in [5.41, 5.74) is 1.40. The third-order valence-corrected chi connectivity index (χ3v) is 5.52. The van der Waals surface area contributed by atoms with E-state index in [0.717, 1.165) is 25.7 Å². The van der Waals surface area contributed by atoms with Crippen molar-refractivity contribution in [2.45, 2.75) is 44.7 Å². The Morgan fingerprint density at radius 2 is 1.79 bits per heavy atom. The van der Waals surface area contributed by atoms with E-state index in [1.54, 1.807) is 21.3 Å². The number of aromatic nitrogens is 2. The number of hydrogen-bond acceptors (Lipinski definition) is 4. The molecule has 0 radical (unpaired) electrons. The standard InChI is InChI=1S/C21H21N3O4/c25-20-18-11-4-5-12-19(18)22(14-15-7-6-10-17(13-15)24(27)28)21(26)23(20)16-8-2-1-3-9-16/h4-7,10-13,16H,1-3,8-9,14H2/p+2. The molecule has 2 aromatic carbocycles. The molecule has 1 fully saturated rings. The number of nitro benzene ring substituents is 1. The van der Waals surface area contributed by atoms with Crippen LogP contribution >= 0.6 is 0 Å². The molecule has 0 amide bonds. The van der Waals surface area contributed by atoms with Crippen molar-refractivity contribution in [3.8, 4) is 11.9 Å². The van der Waals surface area contributed by atoms with Gasteiger partial charge in [-0.3, -0.25) is 10.1 Å². The van der Waals surface area contributed by atoms with Crippen molar-refractivity contribution >= 4 is 16.6 Å². The first-order chi connectivity index (χ1) is 13.6. The topological polar surface area (TPSA) is 91.4 Å². The van der Waals surface area contributed by atoms with Gasteiger partial charge in [0.15, 0.2) is 18.0 Å². The van der Waals surface area contributed by atoms with Crippen LogP contribution in [0.1, 0.15) is 43.7 Å². The zero-order valence-corrected chi connectivity index (χ0v) is 15.5. The minimum absolute atomic E-state index is 0.0147. The quantitative estimate of drug-likeness (QED) is 0.412. The predicted molar refractivity (Wildman–Crippen MR) is 102 cm³/mol. The first kappa shape index (κ1) is 18.2. The number of non-ortho nitro benzene ring substituents is 1. The molecule has 7 nitrogen and oxygen atoms in total. The molecule has 0 spiro atoms. The van der Waals surface area contributed by atoms with Crippen molar-refractivity contribution in [3.05, 3.63) is 64.2 Å². The molecule has 144 valence electrons. The Labute approximate surface area is 162 Å². The van der Waals surface area contributed by atoms with Gasteiger partial charge in [0.25, 0.3) is 5.69 Å². The monoisotopic (exact) mass is 381 g/mol. The minimum Gasteiger partial charge on any atom is -0.459 e. The molecule has 0 bridgehead atoms. The van der Waals surface area contributed by atoms with Gasteiger partial charge in [-0.25, -0.2) is 0 Å². The highest BCUT2D eigenvalue weighted by molar-refractivity contribution is 5.79. The Kier molecular flexibility index (Phi) is 4.81. The van der Waals surface area contributed by atoms with E-state index in [0.29, 0.717) is 16.5 Å². The number of fused-ring (bicyclic) bond motifs is 1. The van der Waals surface area contributed by atoms with E-state index in [9.17, 15) is 20.3 Å². The van der Waals surface area contributed by atoms with Gasteiger partial charge in [0, 0.05) is 36.6 Å². The fourth-order valence-electron chi connectivity index (χ4n) is 4.14. The summed E-state index contributed by atoms with van der Waals surface area (Å²) in [6.07, 6.45) is 5.10. The molecule has 3 aromatic rings. The zero-order chi connectivity index (χ0) is 19.7. The van der Waals surface area contributed by atoms with E-state index in [2.05, 4.69) is 0 Å². The molecule has 0 unspecified atom stereocenters. The maximum absolute atomic E-state index is 11.1. The van der Waals surface area contributed by atoms with Crippen molar-refractivity contribution in [1.29, 1.82) is 0 Å². The molecule has 0 atom stereocenters. The third-order valence-electron chi connectivity index (χ3n) is 5.52. The first-order valence-corrected chi connectivity index (χ1v) is 9.57. The average molecular weight is 381 g/mol. The number of hydrogen-bond donors (Lipinski definition) is 2. The van der Waals surface area contributed by atoms with Gasteiger partial charge >= 0.3 is 11.9 Å².